The molecular formula is C16H35IN4. The van der Waals surface area contributed by atoms with E-state index in [9.17, 15) is 0 Å². The Bertz CT molecular complexity index is 275. The van der Waals surface area contributed by atoms with E-state index < -0.39 is 0 Å². The van der Waals surface area contributed by atoms with Crippen LogP contribution in [0.3, 0.4) is 0 Å². The third kappa shape index (κ3) is 8.24. The van der Waals surface area contributed by atoms with E-state index >= 15 is 0 Å². The minimum absolute atomic E-state index is 0. The Kier molecular flexibility index (Phi) is 12.5. The lowest BCUT2D eigenvalue weighted by molar-refractivity contribution is 0.171. The summed E-state index contributed by atoms with van der Waals surface area (Å²) in [5.74, 6) is 1.78. The molecule has 0 aromatic rings. The maximum atomic E-state index is 4.31. The predicted molar refractivity (Wildman–Crippen MR) is 104 cm³/mol. The van der Waals surface area contributed by atoms with E-state index in [2.05, 4.69) is 41.5 Å². The van der Waals surface area contributed by atoms with Gasteiger partial charge in [-0.2, -0.15) is 0 Å². The Hall–Kier alpha value is -0.0400. The van der Waals surface area contributed by atoms with Gasteiger partial charge < -0.3 is 15.5 Å². The van der Waals surface area contributed by atoms with E-state index in [0.29, 0.717) is 6.04 Å². The summed E-state index contributed by atoms with van der Waals surface area (Å²) in [7, 11) is 6.26. The molecule has 0 radical (unpaired) electrons. The number of nitrogens with zero attached hydrogens (tertiary/aromatic N) is 2. The van der Waals surface area contributed by atoms with E-state index in [0.717, 1.165) is 25.0 Å². The van der Waals surface area contributed by atoms with Crippen LogP contribution >= 0.6 is 24.0 Å². The number of likely N-dealkylation sites (N-methyl/N-ethyl adjacent to an activating group) is 1. The summed E-state index contributed by atoms with van der Waals surface area (Å²) in [4.78, 5) is 6.69. The first-order valence-corrected chi connectivity index (χ1v) is 8.30. The zero-order valence-corrected chi connectivity index (χ0v) is 16.7. The smallest absolute Gasteiger partial charge is 0.191 e. The van der Waals surface area contributed by atoms with Crippen LogP contribution in [0.5, 0.6) is 0 Å². The second-order valence-electron chi connectivity index (χ2n) is 6.16. The lowest BCUT2D eigenvalue weighted by Crippen LogP contribution is -2.48. The molecule has 0 amide bonds. The Morgan fingerprint density at radius 2 is 1.86 bits per heavy atom. The van der Waals surface area contributed by atoms with Crippen LogP contribution in [0.4, 0.5) is 0 Å². The van der Waals surface area contributed by atoms with Gasteiger partial charge in [0.05, 0.1) is 0 Å². The second-order valence-corrected chi connectivity index (χ2v) is 6.16. The average Bonchev–Trinajstić information content (AvgIpc) is 2.46. The molecule has 1 aliphatic rings. The van der Waals surface area contributed by atoms with Crippen LogP contribution in [0.1, 0.15) is 51.9 Å². The van der Waals surface area contributed by atoms with Gasteiger partial charge in [-0.1, -0.05) is 32.6 Å². The van der Waals surface area contributed by atoms with E-state index in [4.69, 9.17) is 0 Å². The van der Waals surface area contributed by atoms with Crippen LogP contribution in [-0.2, 0) is 0 Å². The van der Waals surface area contributed by atoms with Crippen LogP contribution in [0.2, 0.25) is 0 Å². The maximum Gasteiger partial charge on any atom is 0.191 e. The van der Waals surface area contributed by atoms with Crippen molar-refractivity contribution in [2.75, 3.05) is 34.2 Å². The molecule has 0 aromatic carbocycles. The number of rotatable bonds is 7. The van der Waals surface area contributed by atoms with Gasteiger partial charge in [0.1, 0.15) is 0 Å². The summed E-state index contributed by atoms with van der Waals surface area (Å²) in [5.41, 5.74) is 0. The molecule has 0 heterocycles. The molecule has 5 heteroatoms. The molecule has 1 saturated carbocycles. The van der Waals surface area contributed by atoms with Crippen molar-refractivity contribution in [3.63, 3.8) is 0 Å². The summed E-state index contributed by atoms with van der Waals surface area (Å²) in [6.45, 7) is 4.21. The molecule has 0 spiro atoms. The third-order valence-corrected chi connectivity index (χ3v) is 4.38. The van der Waals surface area contributed by atoms with Gasteiger partial charge in [-0.05, 0) is 39.3 Å². The van der Waals surface area contributed by atoms with Crippen molar-refractivity contribution in [1.29, 1.82) is 0 Å². The predicted octanol–water partition coefficient (Wildman–Crippen LogP) is 3.08. The molecule has 0 saturated heterocycles. The SMILES string of the molecule is CCCCNC(=NC)NCC(C1CCCCC1)N(C)C.I. The summed E-state index contributed by atoms with van der Waals surface area (Å²) in [5, 5.41) is 6.89. The molecule has 1 unspecified atom stereocenters. The summed E-state index contributed by atoms with van der Waals surface area (Å²) < 4.78 is 0. The zero-order valence-electron chi connectivity index (χ0n) is 14.3. The highest BCUT2D eigenvalue weighted by atomic mass is 127. The Morgan fingerprint density at radius 1 is 1.19 bits per heavy atom. The normalized spacial score (nSPS) is 18.2. The van der Waals surface area contributed by atoms with Gasteiger partial charge in [0, 0.05) is 26.2 Å². The number of guanidine groups is 1. The lowest BCUT2D eigenvalue weighted by Gasteiger charge is -2.35. The highest BCUT2D eigenvalue weighted by molar-refractivity contribution is 14.0. The lowest BCUT2D eigenvalue weighted by atomic mass is 9.83. The van der Waals surface area contributed by atoms with Gasteiger partial charge in [-0.3, -0.25) is 4.99 Å². The van der Waals surface area contributed by atoms with Crippen molar-refractivity contribution in [1.82, 2.24) is 15.5 Å². The molecule has 2 N–H and O–H groups in total. The van der Waals surface area contributed by atoms with Gasteiger partial charge in [0.2, 0.25) is 0 Å². The van der Waals surface area contributed by atoms with E-state index in [-0.39, 0.29) is 24.0 Å². The maximum absolute atomic E-state index is 4.31. The Labute approximate surface area is 148 Å². The molecule has 21 heavy (non-hydrogen) atoms. The van der Waals surface area contributed by atoms with Gasteiger partial charge in [-0.15, -0.1) is 24.0 Å². The van der Waals surface area contributed by atoms with Crippen molar-refractivity contribution in [2.45, 2.75) is 57.9 Å². The van der Waals surface area contributed by atoms with Gasteiger partial charge in [0.25, 0.3) is 0 Å². The zero-order chi connectivity index (χ0) is 14.8. The molecule has 1 atom stereocenters. The average molecular weight is 410 g/mol. The summed E-state index contributed by atoms with van der Waals surface area (Å²) in [6.07, 6.45) is 9.40. The topological polar surface area (TPSA) is 39.7 Å². The fraction of sp³-hybridized carbons (Fsp3) is 0.938. The van der Waals surface area contributed by atoms with Gasteiger partial charge >= 0.3 is 0 Å². The molecule has 4 nitrogen and oxygen atoms in total. The van der Waals surface area contributed by atoms with Crippen LogP contribution < -0.4 is 10.6 Å². The second kappa shape index (κ2) is 12.5. The van der Waals surface area contributed by atoms with Crippen molar-refractivity contribution >= 4 is 29.9 Å². The van der Waals surface area contributed by atoms with Crippen LogP contribution in [0.15, 0.2) is 4.99 Å². The van der Waals surface area contributed by atoms with Crippen molar-refractivity contribution in [3.8, 4) is 0 Å². The fourth-order valence-electron chi connectivity index (χ4n) is 3.10. The molecule has 0 aromatic heterocycles. The number of hydrogen-bond donors (Lipinski definition) is 2. The quantitative estimate of drug-likeness (QED) is 0.293. The van der Waals surface area contributed by atoms with Crippen molar-refractivity contribution in [3.05, 3.63) is 0 Å². The minimum Gasteiger partial charge on any atom is -0.356 e. The van der Waals surface area contributed by atoms with E-state index in [1.165, 1.54) is 44.9 Å². The molecule has 0 bridgehead atoms. The Balaban J connectivity index is 0.00000400. The molecule has 1 aliphatic carbocycles. The highest BCUT2D eigenvalue weighted by Crippen LogP contribution is 2.27. The third-order valence-electron chi connectivity index (χ3n) is 4.38. The highest BCUT2D eigenvalue weighted by Gasteiger charge is 2.25. The van der Waals surface area contributed by atoms with E-state index in [1.54, 1.807) is 0 Å². The summed E-state index contributed by atoms with van der Waals surface area (Å²) >= 11 is 0. The number of hydrogen-bond acceptors (Lipinski definition) is 2. The number of nitrogens with one attached hydrogen (secondary N) is 2. The standard InChI is InChI=1S/C16H34N4.HI/c1-5-6-12-18-16(17-2)19-13-15(20(3)4)14-10-8-7-9-11-14;/h14-15H,5-13H2,1-4H3,(H2,17,18,19);1H. The molecule has 0 aliphatic heterocycles. The molecule has 126 valence electrons. The molecule has 1 fully saturated rings. The van der Waals surface area contributed by atoms with Gasteiger partial charge in [-0.25, -0.2) is 0 Å². The van der Waals surface area contributed by atoms with Crippen molar-refractivity contribution in [2.24, 2.45) is 10.9 Å². The molecular weight excluding hydrogens is 375 g/mol. The number of aliphatic imine (C=N–C) groups is 1. The minimum atomic E-state index is 0. The summed E-state index contributed by atoms with van der Waals surface area (Å²) in [6, 6.07) is 0.611. The number of unbranched alkanes of at least 4 members (excludes halogenated alkanes) is 1. The molecule has 1 rings (SSSR count). The first kappa shape index (κ1) is 21.0. The Morgan fingerprint density at radius 3 is 2.38 bits per heavy atom. The van der Waals surface area contributed by atoms with Crippen LogP contribution in [-0.4, -0.2) is 51.1 Å². The monoisotopic (exact) mass is 410 g/mol. The largest absolute Gasteiger partial charge is 0.356 e. The number of halogens is 1. The van der Waals surface area contributed by atoms with Crippen molar-refractivity contribution < 1.29 is 0 Å². The first-order chi connectivity index (χ1) is 9.69. The fourth-order valence-corrected chi connectivity index (χ4v) is 3.10. The van der Waals surface area contributed by atoms with Gasteiger partial charge in [0.15, 0.2) is 5.96 Å². The van der Waals surface area contributed by atoms with E-state index in [1.807, 2.05) is 7.05 Å². The van der Waals surface area contributed by atoms with Crippen LogP contribution in [0, 0.1) is 5.92 Å². The van der Waals surface area contributed by atoms with Crippen LogP contribution in [0.25, 0.3) is 0 Å². The first-order valence-electron chi connectivity index (χ1n) is 8.30.